The first kappa shape index (κ1) is 33.0. The molecule has 0 amide bonds. The summed E-state index contributed by atoms with van der Waals surface area (Å²) in [4.78, 5) is 13.9. The van der Waals surface area contributed by atoms with Gasteiger partial charge in [-0.25, -0.2) is 0 Å². The van der Waals surface area contributed by atoms with E-state index >= 15 is 0 Å². The summed E-state index contributed by atoms with van der Waals surface area (Å²) in [5.41, 5.74) is 12.6. The quantitative estimate of drug-likeness (QED) is 0.121. The second-order valence-corrected chi connectivity index (χ2v) is 11.3. The number of hydrogen-bond donors (Lipinski definition) is 1. The third-order valence-corrected chi connectivity index (χ3v) is 6.94. The first-order valence-electron chi connectivity index (χ1n) is 14.9. The molecule has 1 heterocycles. The van der Waals surface area contributed by atoms with E-state index in [1.54, 1.807) is 0 Å². The minimum absolute atomic E-state index is 0.163. The number of benzene rings is 1. The average molecular weight is 549 g/mol. The highest BCUT2D eigenvalue weighted by molar-refractivity contribution is 5.90. The van der Waals surface area contributed by atoms with E-state index in [0.29, 0.717) is 31.2 Å². The van der Waals surface area contributed by atoms with Gasteiger partial charge in [0.05, 0.1) is 5.52 Å². The SMILES string of the molecule is CCCCCCn1c(=O)c(OC/C=C(\C)CCC=C(C)C)c(OC/C=C(\C)CCC=C(C)C)c2ccc(N)cc21. The maximum absolute atomic E-state index is 13.9. The van der Waals surface area contributed by atoms with E-state index in [1.807, 2.05) is 22.8 Å². The predicted octanol–water partition coefficient (Wildman–Crippen LogP) is 9.31. The molecule has 0 aliphatic carbocycles. The van der Waals surface area contributed by atoms with E-state index in [1.165, 1.54) is 22.3 Å². The van der Waals surface area contributed by atoms with E-state index in [9.17, 15) is 4.79 Å². The summed E-state index contributed by atoms with van der Waals surface area (Å²) in [6, 6.07) is 5.68. The van der Waals surface area contributed by atoms with Crippen molar-refractivity contribution in [3.63, 3.8) is 0 Å². The average Bonchev–Trinajstić information content (AvgIpc) is 2.89. The molecule has 40 heavy (non-hydrogen) atoms. The molecule has 1 aromatic carbocycles. The second-order valence-electron chi connectivity index (χ2n) is 11.3. The van der Waals surface area contributed by atoms with Gasteiger partial charge in [-0.1, -0.05) is 60.6 Å². The van der Waals surface area contributed by atoms with Gasteiger partial charge in [0.1, 0.15) is 13.2 Å². The molecule has 0 bridgehead atoms. The third-order valence-electron chi connectivity index (χ3n) is 6.94. The van der Waals surface area contributed by atoms with E-state index < -0.39 is 0 Å². The van der Waals surface area contributed by atoms with Crippen LogP contribution in [-0.4, -0.2) is 17.8 Å². The molecule has 0 fully saturated rings. The summed E-state index contributed by atoms with van der Waals surface area (Å²) in [6.45, 7) is 16.2. The number of nitrogens with two attached hydrogens (primary N) is 1. The molecule has 5 nitrogen and oxygen atoms in total. The number of nitrogen functional groups attached to an aromatic ring is 1. The van der Waals surface area contributed by atoms with Gasteiger partial charge in [-0.2, -0.15) is 0 Å². The Balaban J connectivity index is 2.42. The predicted molar refractivity (Wildman–Crippen MR) is 173 cm³/mol. The highest BCUT2D eigenvalue weighted by Gasteiger charge is 2.20. The number of fused-ring (bicyclic) bond motifs is 1. The maximum atomic E-state index is 13.9. The summed E-state index contributed by atoms with van der Waals surface area (Å²) in [5, 5.41) is 0.846. The second kappa shape index (κ2) is 17.5. The van der Waals surface area contributed by atoms with Crippen LogP contribution in [0, 0.1) is 0 Å². The molecule has 2 N–H and O–H groups in total. The van der Waals surface area contributed by atoms with Crippen molar-refractivity contribution in [1.82, 2.24) is 4.57 Å². The van der Waals surface area contributed by atoms with Crippen LogP contribution in [0.4, 0.5) is 5.69 Å². The number of allylic oxidation sites excluding steroid dienone is 6. The minimum Gasteiger partial charge on any atom is -0.485 e. The first-order valence-corrected chi connectivity index (χ1v) is 14.9. The zero-order chi connectivity index (χ0) is 29.5. The van der Waals surface area contributed by atoms with Gasteiger partial charge in [0.2, 0.25) is 5.75 Å². The molecular formula is C35H52N2O3. The van der Waals surface area contributed by atoms with Crippen LogP contribution in [0.25, 0.3) is 10.9 Å². The largest absolute Gasteiger partial charge is 0.485 e. The molecule has 0 spiro atoms. The minimum atomic E-state index is -0.163. The summed E-state index contributed by atoms with van der Waals surface area (Å²) >= 11 is 0. The van der Waals surface area contributed by atoms with Crippen LogP contribution in [-0.2, 0) is 6.54 Å². The van der Waals surface area contributed by atoms with Gasteiger partial charge < -0.3 is 19.8 Å². The van der Waals surface area contributed by atoms with Crippen molar-refractivity contribution in [1.29, 1.82) is 0 Å². The van der Waals surface area contributed by atoms with Gasteiger partial charge in [-0.05, 0) is 104 Å². The van der Waals surface area contributed by atoms with Crippen molar-refractivity contribution in [2.45, 2.75) is 106 Å². The first-order chi connectivity index (χ1) is 19.1. The number of nitrogens with zero attached hydrogens (tertiary/aromatic N) is 1. The smallest absolute Gasteiger partial charge is 0.297 e. The molecule has 2 rings (SSSR count). The fourth-order valence-electron chi connectivity index (χ4n) is 4.52. The van der Waals surface area contributed by atoms with Crippen LogP contribution in [0.1, 0.15) is 99.8 Å². The number of rotatable bonds is 17. The fourth-order valence-corrected chi connectivity index (χ4v) is 4.52. The molecule has 0 aliphatic rings. The Bertz CT molecular complexity index is 1270. The van der Waals surface area contributed by atoms with Crippen molar-refractivity contribution >= 4 is 16.6 Å². The van der Waals surface area contributed by atoms with Crippen LogP contribution >= 0.6 is 0 Å². The van der Waals surface area contributed by atoms with E-state index in [0.717, 1.165) is 62.3 Å². The lowest BCUT2D eigenvalue weighted by molar-refractivity contribution is 0.303. The number of pyridine rings is 1. The van der Waals surface area contributed by atoms with Gasteiger partial charge in [-0.3, -0.25) is 4.79 Å². The van der Waals surface area contributed by atoms with Crippen LogP contribution in [0.15, 0.2) is 69.6 Å². The van der Waals surface area contributed by atoms with Crippen molar-refractivity contribution in [3.8, 4) is 11.5 Å². The molecular weight excluding hydrogens is 496 g/mol. The lowest BCUT2D eigenvalue weighted by atomic mass is 10.1. The number of unbranched alkanes of at least 4 members (excludes halogenated alkanes) is 3. The topological polar surface area (TPSA) is 66.5 Å². The van der Waals surface area contributed by atoms with Crippen molar-refractivity contribution in [3.05, 3.63) is 75.1 Å². The summed E-state index contributed by atoms with van der Waals surface area (Å²) < 4.78 is 14.3. The molecule has 5 heteroatoms. The maximum Gasteiger partial charge on any atom is 0.297 e. The Morgan fingerprint density at radius 1 is 0.800 bits per heavy atom. The van der Waals surface area contributed by atoms with Gasteiger partial charge >= 0.3 is 0 Å². The molecule has 220 valence electrons. The van der Waals surface area contributed by atoms with Crippen molar-refractivity contribution < 1.29 is 9.47 Å². The third kappa shape index (κ3) is 11.1. The van der Waals surface area contributed by atoms with E-state index in [2.05, 4.69) is 72.8 Å². The van der Waals surface area contributed by atoms with Crippen LogP contribution in [0.5, 0.6) is 11.5 Å². The molecule has 1 aromatic heterocycles. The Kier molecular flexibility index (Phi) is 14.4. The number of anilines is 1. The van der Waals surface area contributed by atoms with Crippen LogP contribution in [0.3, 0.4) is 0 Å². The summed E-state index contributed by atoms with van der Waals surface area (Å²) in [5.74, 6) is 0.769. The normalized spacial score (nSPS) is 12.0. The van der Waals surface area contributed by atoms with Crippen molar-refractivity contribution in [2.24, 2.45) is 0 Å². The Morgan fingerprint density at radius 2 is 1.38 bits per heavy atom. The molecule has 2 aromatic rings. The zero-order valence-electron chi connectivity index (χ0n) is 26.1. The fraction of sp³-hybridized carbons (Fsp3) is 0.514. The molecule has 0 atom stereocenters. The molecule has 0 saturated carbocycles. The molecule has 0 aliphatic heterocycles. The van der Waals surface area contributed by atoms with Gasteiger partial charge in [-0.15, -0.1) is 0 Å². The molecule has 0 saturated heterocycles. The zero-order valence-corrected chi connectivity index (χ0v) is 26.1. The van der Waals surface area contributed by atoms with E-state index in [-0.39, 0.29) is 11.3 Å². The highest BCUT2D eigenvalue weighted by atomic mass is 16.5. The molecule has 0 unspecified atom stereocenters. The Labute approximate surface area is 242 Å². The van der Waals surface area contributed by atoms with E-state index in [4.69, 9.17) is 15.2 Å². The number of hydrogen-bond acceptors (Lipinski definition) is 4. The van der Waals surface area contributed by atoms with Gasteiger partial charge in [0.15, 0.2) is 5.75 Å². The number of aryl methyl sites for hydroxylation is 1. The number of aromatic nitrogens is 1. The van der Waals surface area contributed by atoms with Crippen molar-refractivity contribution in [2.75, 3.05) is 18.9 Å². The standard InChI is InChI=1S/C35H52N2O3/c1-8-9-10-11-22-37-32-25-30(36)18-19-31(32)33(39-23-20-28(6)16-12-14-26(2)3)34(35(37)38)40-24-21-29(7)17-13-15-27(4)5/h14-15,18-21,25H,8-13,16-17,22-24,36H2,1-7H3/b28-20+,29-21+. The molecule has 0 radical (unpaired) electrons. The summed E-state index contributed by atoms with van der Waals surface area (Å²) in [6.07, 6.45) is 16.9. The number of ether oxygens (including phenoxy) is 2. The lowest BCUT2D eigenvalue weighted by Gasteiger charge is -2.18. The van der Waals surface area contributed by atoms with Gasteiger partial charge in [0, 0.05) is 17.6 Å². The van der Waals surface area contributed by atoms with Gasteiger partial charge in [0.25, 0.3) is 5.56 Å². The monoisotopic (exact) mass is 548 g/mol. The Morgan fingerprint density at radius 3 is 1.93 bits per heavy atom. The summed E-state index contributed by atoms with van der Waals surface area (Å²) in [7, 11) is 0. The van der Waals surface area contributed by atoms with Crippen LogP contribution < -0.4 is 20.8 Å². The lowest BCUT2D eigenvalue weighted by Crippen LogP contribution is -2.24. The van der Waals surface area contributed by atoms with Crippen LogP contribution in [0.2, 0.25) is 0 Å². The highest BCUT2D eigenvalue weighted by Crippen LogP contribution is 2.34. The Hall–Kier alpha value is -3.21.